The molecule has 1 aromatic rings. The third-order valence-electron chi connectivity index (χ3n) is 2.07. The standard InChI is InChI=1S/C12H11F3N2O2/c1-8(18)16-5-3-2-4-9-6-10(12(13,14)15)11(19)17-7-9/h6-7H,3,5H2,1H3,(H,16,18)(H,17,19). The molecule has 1 aromatic heterocycles. The number of carbonyl (C=O) groups excluding carboxylic acids is 1. The normalized spacial score (nSPS) is 10.5. The van der Waals surface area contributed by atoms with Crippen LogP contribution in [-0.4, -0.2) is 17.4 Å². The largest absolute Gasteiger partial charge is 0.421 e. The van der Waals surface area contributed by atoms with Gasteiger partial charge in [-0.2, -0.15) is 13.2 Å². The van der Waals surface area contributed by atoms with Crippen molar-refractivity contribution in [1.82, 2.24) is 10.3 Å². The number of nitrogens with one attached hydrogen (secondary N) is 2. The van der Waals surface area contributed by atoms with Crippen LogP contribution < -0.4 is 10.9 Å². The molecule has 0 atom stereocenters. The first-order chi connectivity index (χ1) is 8.80. The molecule has 19 heavy (non-hydrogen) atoms. The molecule has 0 bridgehead atoms. The molecule has 102 valence electrons. The number of halogens is 3. The highest BCUT2D eigenvalue weighted by atomic mass is 19.4. The molecule has 0 aliphatic rings. The van der Waals surface area contributed by atoms with Crippen LogP contribution in [0.5, 0.6) is 0 Å². The second kappa shape index (κ2) is 6.09. The van der Waals surface area contributed by atoms with Crippen molar-refractivity contribution in [3.8, 4) is 11.8 Å². The Balaban J connectivity index is 2.78. The van der Waals surface area contributed by atoms with Gasteiger partial charge < -0.3 is 10.3 Å². The maximum absolute atomic E-state index is 12.4. The molecule has 0 aliphatic heterocycles. The minimum absolute atomic E-state index is 0.0646. The molecule has 0 spiro atoms. The predicted molar refractivity (Wildman–Crippen MR) is 62.2 cm³/mol. The maximum Gasteiger partial charge on any atom is 0.421 e. The minimum Gasteiger partial charge on any atom is -0.355 e. The zero-order valence-corrected chi connectivity index (χ0v) is 10.0. The number of hydrogen-bond acceptors (Lipinski definition) is 2. The van der Waals surface area contributed by atoms with Crippen molar-refractivity contribution in [2.75, 3.05) is 6.54 Å². The molecule has 1 heterocycles. The quantitative estimate of drug-likeness (QED) is 0.629. The van der Waals surface area contributed by atoms with E-state index in [0.717, 1.165) is 6.20 Å². The summed E-state index contributed by atoms with van der Waals surface area (Å²) in [6.07, 6.45) is -3.29. The monoisotopic (exact) mass is 272 g/mol. The third-order valence-corrected chi connectivity index (χ3v) is 2.07. The van der Waals surface area contributed by atoms with E-state index in [-0.39, 0.29) is 11.5 Å². The maximum atomic E-state index is 12.4. The van der Waals surface area contributed by atoms with Crippen molar-refractivity contribution in [3.05, 3.63) is 33.7 Å². The first-order valence-corrected chi connectivity index (χ1v) is 5.34. The summed E-state index contributed by atoms with van der Waals surface area (Å²) in [7, 11) is 0. The Morgan fingerprint density at radius 1 is 1.47 bits per heavy atom. The zero-order valence-electron chi connectivity index (χ0n) is 10.0. The van der Waals surface area contributed by atoms with E-state index in [0.29, 0.717) is 19.0 Å². The van der Waals surface area contributed by atoms with Crippen molar-refractivity contribution < 1.29 is 18.0 Å². The van der Waals surface area contributed by atoms with E-state index >= 15 is 0 Å². The summed E-state index contributed by atoms with van der Waals surface area (Å²) in [6.45, 7) is 1.67. The fourth-order valence-electron chi connectivity index (χ4n) is 1.23. The van der Waals surface area contributed by atoms with Crippen LogP contribution in [0.3, 0.4) is 0 Å². The second-order valence-corrected chi connectivity index (χ2v) is 3.66. The lowest BCUT2D eigenvalue weighted by molar-refractivity contribution is -0.138. The Morgan fingerprint density at radius 2 is 2.16 bits per heavy atom. The van der Waals surface area contributed by atoms with Crippen LogP contribution in [0.1, 0.15) is 24.5 Å². The van der Waals surface area contributed by atoms with E-state index in [1.165, 1.54) is 6.92 Å². The van der Waals surface area contributed by atoms with Gasteiger partial charge in [0.15, 0.2) is 0 Å². The van der Waals surface area contributed by atoms with E-state index in [2.05, 4.69) is 17.2 Å². The molecule has 0 aliphatic carbocycles. The number of hydrogen-bond donors (Lipinski definition) is 2. The van der Waals surface area contributed by atoms with Crippen LogP contribution >= 0.6 is 0 Å². The van der Waals surface area contributed by atoms with Gasteiger partial charge in [0.1, 0.15) is 5.56 Å². The summed E-state index contributed by atoms with van der Waals surface area (Å²) in [5, 5.41) is 2.50. The third kappa shape index (κ3) is 4.87. The highest BCUT2D eigenvalue weighted by molar-refractivity contribution is 5.72. The van der Waals surface area contributed by atoms with Crippen LogP contribution in [-0.2, 0) is 11.0 Å². The number of rotatable bonds is 2. The molecule has 0 saturated heterocycles. The summed E-state index contributed by atoms with van der Waals surface area (Å²) in [4.78, 5) is 23.5. The van der Waals surface area contributed by atoms with Gasteiger partial charge in [0, 0.05) is 31.6 Å². The number of amides is 1. The van der Waals surface area contributed by atoms with Gasteiger partial charge in [0.25, 0.3) is 5.56 Å². The predicted octanol–water partition coefficient (Wildman–Crippen LogP) is 1.27. The number of pyridine rings is 1. The molecule has 0 radical (unpaired) electrons. The van der Waals surface area contributed by atoms with Gasteiger partial charge in [-0.3, -0.25) is 9.59 Å². The topological polar surface area (TPSA) is 62.0 Å². The van der Waals surface area contributed by atoms with Crippen molar-refractivity contribution in [3.63, 3.8) is 0 Å². The molecular weight excluding hydrogens is 261 g/mol. The molecule has 0 fully saturated rings. The molecule has 4 nitrogen and oxygen atoms in total. The molecule has 0 saturated carbocycles. The average Bonchev–Trinajstić information content (AvgIpc) is 2.28. The fourth-order valence-corrected chi connectivity index (χ4v) is 1.23. The zero-order chi connectivity index (χ0) is 14.5. The number of alkyl halides is 3. The first kappa shape index (κ1) is 14.8. The molecule has 1 amide bonds. The molecule has 7 heteroatoms. The molecule has 1 rings (SSSR count). The van der Waals surface area contributed by atoms with Gasteiger partial charge in [0.2, 0.25) is 5.91 Å². The molecular formula is C12H11F3N2O2. The molecule has 0 aromatic carbocycles. The van der Waals surface area contributed by atoms with Crippen molar-refractivity contribution in [2.24, 2.45) is 0 Å². The highest BCUT2D eigenvalue weighted by Crippen LogP contribution is 2.26. The van der Waals surface area contributed by atoms with Gasteiger partial charge in [0.05, 0.1) is 0 Å². The van der Waals surface area contributed by atoms with Gasteiger partial charge in [-0.05, 0) is 6.07 Å². The van der Waals surface area contributed by atoms with Crippen molar-refractivity contribution >= 4 is 5.91 Å². The van der Waals surface area contributed by atoms with E-state index in [9.17, 15) is 22.8 Å². The average molecular weight is 272 g/mol. The first-order valence-electron chi connectivity index (χ1n) is 5.34. The Kier molecular flexibility index (Phi) is 4.75. The van der Waals surface area contributed by atoms with Crippen LogP contribution in [0.4, 0.5) is 13.2 Å². The van der Waals surface area contributed by atoms with Crippen LogP contribution in [0.15, 0.2) is 17.1 Å². The molecule has 2 N–H and O–H groups in total. The molecule has 0 unspecified atom stereocenters. The van der Waals surface area contributed by atoms with Crippen molar-refractivity contribution in [2.45, 2.75) is 19.5 Å². The number of carbonyl (C=O) groups is 1. The lowest BCUT2D eigenvalue weighted by Crippen LogP contribution is -2.21. The van der Waals surface area contributed by atoms with Gasteiger partial charge in [-0.15, -0.1) is 0 Å². The summed E-state index contributed by atoms with van der Waals surface area (Å²) >= 11 is 0. The SMILES string of the molecule is CC(=O)NCCC#Cc1c[nH]c(=O)c(C(F)(F)F)c1. The fraction of sp³-hybridized carbons (Fsp3) is 0.333. The van der Waals surface area contributed by atoms with E-state index < -0.39 is 17.3 Å². The van der Waals surface area contributed by atoms with Crippen LogP contribution in [0, 0.1) is 11.8 Å². The summed E-state index contributed by atoms with van der Waals surface area (Å²) in [5.74, 6) is 4.88. The summed E-state index contributed by atoms with van der Waals surface area (Å²) in [6, 6.07) is 0.699. The summed E-state index contributed by atoms with van der Waals surface area (Å²) < 4.78 is 37.3. The number of aromatic amines is 1. The van der Waals surface area contributed by atoms with Crippen molar-refractivity contribution in [1.29, 1.82) is 0 Å². The number of aromatic nitrogens is 1. The van der Waals surface area contributed by atoms with E-state index in [1.807, 2.05) is 4.98 Å². The summed E-state index contributed by atoms with van der Waals surface area (Å²) in [5.41, 5.74) is -2.41. The lowest BCUT2D eigenvalue weighted by Gasteiger charge is -2.04. The van der Waals surface area contributed by atoms with E-state index in [4.69, 9.17) is 0 Å². The smallest absolute Gasteiger partial charge is 0.355 e. The Labute approximate surface area is 107 Å². The van der Waals surface area contributed by atoms with Gasteiger partial charge in [-0.25, -0.2) is 0 Å². The Morgan fingerprint density at radius 3 is 2.74 bits per heavy atom. The second-order valence-electron chi connectivity index (χ2n) is 3.66. The Hall–Kier alpha value is -2.23. The van der Waals surface area contributed by atoms with Gasteiger partial charge in [-0.1, -0.05) is 11.8 Å². The highest BCUT2D eigenvalue weighted by Gasteiger charge is 2.33. The van der Waals surface area contributed by atoms with Crippen LogP contribution in [0.2, 0.25) is 0 Å². The van der Waals surface area contributed by atoms with Crippen LogP contribution in [0.25, 0.3) is 0 Å². The lowest BCUT2D eigenvalue weighted by atomic mass is 10.2. The minimum atomic E-state index is -4.71. The Bertz CT molecular complexity index is 579. The number of H-pyrrole nitrogens is 1. The van der Waals surface area contributed by atoms with Gasteiger partial charge >= 0.3 is 6.18 Å². The van der Waals surface area contributed by atoms with E-state index in [1.54, 1.807) is 0 Å².